The number of carbonyl (C=O) groups is 1. The van der Waals surface area contributed by atoms with Gasteiger partial charge in [0.1, 0.15) is 18.1 Å². The first-order chi connectivity index (χ1) is 10.6. The molecular formula is C19H23NO2. The number of benzene rings is 2. The Balaban J connectivity index is 1.79. The third kappa shape index (κ3) is 5.70. The van der Waals surface area contributed by atoms with Crippen molar-refractivity contribution < 1.29 is 9.53 Å². The van der Waals surface area contributed by atoms with Crippen molar-refractivity contribution in [1.29, 1.82) is 0 Å². The molecule has 0 radical (unpaired) electrons. The van der Waals surface area contributed by atoms with Crippen LogP contribution in [0.1, 0.15) is 18.1 Å². The van der Waals surface area contributed by atoms with Gasteiger partial charge in [-0.15, -0.1) is 0 Å². The van der Waals surface area contributed by atoms with Crippen molar-refractivity contribution >= 4 is 5.78 Å². The molecule has 0 fully saturated rings. The van der Waals surface area contributed by atoms with Crippen molar-refractivity contribution in [2.45, 2.75) is 20.0 Å². The van der Waals surface area contributed by atoms with E-state index in [0.29, 0.717) is 13.2 Å². The number of rotatable bonds is 8. The number of Topliss-reactive ketones (excluding diaryl/α,β-unsaturated/α-hetero) is 1. The zero-order valence-electron chi connectivity index (χ0n) is 13.3. The van der Waals surface area contributed by atoms with Crippen LogP contribution in [0, 0.1) is 0 Å². The quantitative estimate of drug-likeness (QED) is 0.748. The van der Waals surface area contributed by atoms with Crippen LogP contribution in [0.5, 0.6) is 5.75 Å². The van der Waals surface area contributed by atoms with E-state index < -0.39 is 0 Å². The van der Waals surface area contributed by atoms with Crippen LogP contribution >= 0.6 is 0 Å². The van der Waals surface area contributed by atoms with Crippen molar-refractivity contribution in [1.82, 2.24) is 4.90 Å². The zero-order valence-corrected chi connectivity index (χ0v) is 13.3. The van der Waals surface area contributed by atoms with Gasteiger partial charge in [0.2, 0.25) is 0 Å². The van der Waals surface area contributed by atoms with Crippen LogP contribution in [0.4, 0.5) is 0 Å². The Kier molecular flexibility index (Phi) is 6.16. The van der Waals surface area contributed by atoms with Crippen LogP contribution in [0.3, 0.4) is 0 Å². The molecule has 0 saturated carbocycles. The van der Waals surface area contributed by atoms with Crippen molar-refractivity contribution in [2.24, 2.45) is 0 Å². The van der Waals surface area contributed by atoms with E-state index in [1.54, 1.807) is 6.92 Å². The molecule has 0 spiro atoms. The number of nitrogens with zero attached hydrogens (tertiary/aromatic N) is 1. The summed E-state index contributed by atoms with van der Waals surface area (Å²) in [6.45, 7) is 3.60. The van der Waals surface area contributed by atoms with E-state index in [2.05, 4.69) is 24.3 Å². The number of hydrogen-bond donors (Lipinski definition) is 0. The second kappa shape index (κ2) is 8.35. The summed E-state index contributed by atoms with van der Waals surface area (Å²) < 4.78 is 5.77. The molecule has 0 aliphatic heterocycles. The summed E-state index contributed by atoms with van der Waals surface area (Å²) in [6, 6.07) is 18.3. The van der Waals surface area contributed by atoms with Crippen molar-refractivity contribution in [3.05, 3.63) is 65.7 Å². The summed E-state index contributed by atoms with van der Waals surface area (Å²) in [5.41, 5.74) is 2.42. The van der Waals surface area contributed by atoms with Gasteiger partial charge in [-0.3, -0.25) is 9.69 Å². The molecule has 2 aromatic carbocycles. The van der Waals surface area contributed by atoms with Gasteiger partial charge in [-0.2, -0.15) is 0 Å². The van der Waals surface area contributed by atoms with Gasteiger partial charge in [-0.1, -0.05) is 42.5 Å². The molecule has 0 saturated heterocycles. The smallest absolute Gasteiger partial charge is 0.143 e. The number of hydrogen-bond acceptors (Lipinski definition) is 3. The van der Waals surface area contributed by atoms with Crippen LogP contribution in [0.2, 0.25) is 0 Å². The van der Waals surface area contributed by atoms with Crippen molar-refractivity contribution in [3.8, 4) is 5.75 Å². The highest BCUT2D eigenvalue weighted by Gasteiger charge is 2.03. The Hall–Kier alpha value is -2.13. The van der Waals surface area contributed by atoms with Gasteiger partial charge in [0, 0.05) is 6.54 Å². The van der Waals surface area contributed by atoms with Crippen LogP contribution in [-0.2, 0) is 17.8 Å². The van der Waals surface area contributed by atoms with E-state index in [-0.39, 0.29) is 5.78 Å². The minimum atomic E-state index is 0.201. The Bertz CT molecular complexity index is 578. The van der Waals surface area contributed by atoms with Gasteiger partial charge >= 0.3 is 0 Å². The first-order valence-corrected chi connectivity index (χ1v) is 7.57. The predicted molar refractivity (Wildman–Crippen MR) is 89.1 cm³/mol. The van der Waals surface area contributed by atoms with E-state index in [1.807, 2.05) is 42.3 Å². The molecule has 0 bridgehead atoms. The minimum absolute atomic E-state index is 0.201. The molecule has 3 nitrogen and oxygen atoms in total. The van der Waals surface area contributed by atoms with E-state index in [4.69, 9.17) is 4.74 Å². The third-order valence-corrected chi connectivity index (χ3v) is 3.45. The van der Waals surface area contributed by atoms with Gasteiger partial charge in [0.15, 0.2) is 0 Å². The molecular weight excluding hydrogens is 274 g/mol. The van der Waals surface area contributed by atoms with Crippen molar-refractivity contribution in [3.63, 3.8) is 0 Å². The van der Waals surface area contributed by atoms with Crippen LogP contribution < -0.4 is 4.74 Å². The normalized spacial score (nSPS) is 10.7. The molecule has 0 aliphatic carbocycles. The van der Waals surface area contributed by atoms with Crippen LogP contribution in [-0.4, -0.2) is 30.8 Å². The lowest BCUT2D eigenvalue weighted by Crippen LogP contribution is -2.26. The summed E-state index contributed by atoms with van der Waals surface area (Å²) >= 11 is 0. The molecule has 0 N–H and O–H groups in total. The fourth-order valence-corrected chi connectivity index (χ4v) is 2.27. The van der Waals surface area contributed by atoms with Crippen LogP contribution in [0.25, 0.3) is 0 Å². The van der Waals surface area contributed by atoms with Crippen LogP contribution in [0.15, 0.2) is 54.6 Å². The molecule has 0 amide bonds. The molecule has 0 aromatic heterocycles. The maximum Gasteiger partial charge on any atom is 0.143 e. The fraction of sp³-hybridized carbons (Fsp3) is 0.316. The Morgan fingerprint density at radius 2 is 1.68 bits per heavy atom. The predicted octanol–water partition coefficient (Wildman–Crippen LogP) is 3.33. The maximum absolute atomic E-state index is 11.0. The fourth-order valence-electron chi connectivity index (χ4n) is 2.27. The standard InChI is InChI=1S/C19H23NO2/c1-16(21)14-20(2)13-12-17-8-10-19(11-9-17)22-15-18-6-4-3-5-7-18/h3-11H,12-15H2,1-2H3. The Morgan fingerprint density at radius 3 is 2.32 bits per heavy atom. The van der Waals surface area contributed by atoms with Gasteiger partial charge in [0.05, 0.1) is 6.54 Å². The van der Waals surface area contributed by atoms with E-state index in [1.165, 1.54) is 5.56 Å². The summed E-state index contributed by atoms with van der Waals surface area (Å²) in [7, 11) is 1.97. The monoisotopic (exact) mass is 297 g/mol. The summed E-state index contributed by atoms with van der Waals surface area (Å²) in [5.74, 6) is 1.08. The highest BCUT2D eigenvalue weighted by molar-refractivity contribution is 5.77. The molecule has 0 unspecified atom stereocenters. The zero-order chi connectivity index (χ0) is 15.8. The van der Waals surface area contributed by atoms with Gasteiger partial charge < -0.3 is 4.74 Å². The minimum Gasteiger partial charge on any atom is -0.489 e. The first kappa shape index (κ1) is 16.2. The largest absolute Gasteiger partial charge is 0.489 e. The highest BCUT2D eigenvalue weighted by atomic mass is 16.5. The van der Waals surface area contributed by atoms with Gasteiger partial charge in [-0.25, -0.2) is 0 Å². The molecule has 2 aromatic rings. The Morgan fingerprint density at radius 1 is 1.00 bits per heavy atom. The lowest BCUT2D eigenvalue weighted by molar-refractivity contribution is -0.117. The average molecular weight is 297 g/mol. The van der Waals surface area contributed by atoms with Gasteiger partial charge in [0.25, 0.3) is 0 Å². The first-order valence-electron chi connectivity index (χ1n) is 7.57. The lowest BCUT2D eigenvalue weighted by atomic mass is 10.1. The number of ketones is 1. The molecule has 0 atom stereocenters. The highest BCUT2D eigenvalue weighted by Crippen LogP contribution is 2.14. The lowest BCUT2D eigenvalue weighted by Gasteiger charge is -2.14. The SMILES string of the molecule is CC(=O)CN(C)CCc1ccc(OCc2ccccc2)cc1. The van der Waals surface area contributed by atoms with E-state index in [0.717, 1.165) is 24.3 Å². The summed E-state index contributed by atoms with van der Waals surface area (Å²) in [5, 5.41) is 0. The number of likely N-dealkylation sites (N-methyl/N-ethyl adjacent to an activating group) is 1. The Labute approximate surface area is 132 Å². The molecule has 22 heavy (non-hydrogen) atoms. The summed E-state index contributed by atoms with van der Waals surface area (Å²) in [6.07, 6.45) is 0.933. The second-order valence-electron chi connectivity index (χ2n) is 5.61. The average Bonchev–Trinajstić information content (AvgIpc) is 2.52. The topological polar surface area (TPSA) is 29.5 Å². The third-order valence-electron chi connectivity index (χ3n) is 3.45. The number of ether oxygens (including phenoxy) is 1. The van der Waals surface area contributed by atoms with Crippen molar-refractivity contribution in [2.75, 3.05) is 20.1 Å². The maximum atomic E-state index is 11.0. The second-order valence-corrected chi connectivity index (χ2v) is 5.61. The molecule has 0 aliphatic rings. The van der Waals surface area contributed by atoms with Gasteiger partial charge in [-0.05, 0) is 43.7 Å². The number of carbonyl (C=O) groups excluding carboxylic acids is 1. The molecule has 0 heterocycles. The molecule has 2 rings (SSSR count). The molecule has 116 valence electrons. The van der Waals surface area contributed by atoms with E-state index >= 15 is 0 Å². The van der Waals surface area contributed by atoms with E-state index in [9.17, 15) is 4.79 Å². The summed E-state index contributed by atoms with van der Waals surface area (Å²) in [4.78, 5) is 13.1. The molecule has 3 heteroatoms.